The highest BCUT2D eigenvalue weighted by molar-refractivity contribution is 6.29. The van der Waals surface area contributed by atoms with Gasteiger partial charge in [-0.3, -0.25) is 0 Å². The quantitative estimate of drug-likeness (QED) is 0.651. The Kier molecular flexibility index (Phi) is 2.38. The summed E-state index contributed by atoms with van der Waals surface area (Å²) in [5, 5.41) is 4.20. The Balaban J connectivity index is 2.01. The average molecular weight is 248 g/mol. The fraction of sp³-hybridized carbons (Fsp3) is 0. The van der Waals surface area contributed by atoms with Gasteiger partial charge in [0.05, 0.1) is 6.26 Å². The second-order valence-corrected chi connectivity index (χ2v) is 3.65. The molecule has 0 unspecified atom stereocenters. The maximum absolute atomic E-state index is 5.78. The van der Waals surface area contributed by atoms with Crippen molar-refractivity contribution in [2.24, 2.45) is 0 Å². The van der Waals surface area contributed by atoms with Crippen LogP contribution in [-0.2, 0) is 0 Å². The van der Waals surface area contributed by atoms with Crippen LogP contribution in [0.25, 0.3) is 23.0 Å². The van der Waals surface area contributed by atoms with Crippen molar-refractivity contribution < 1.29 is 8.94 Å². The highest BCUT2D eigenvalue weighted by atomic mass is 35.5. The number of halogens is 1. The van der Waals surface area contributed by atoms with Gasteiger partial charge in [-0.25, -0.2) is 4.98 Å². The Morgan fingerprint density at radius 1 is 1.24 bits per heavy atom. The first-order valence-corrected chi connectivity index (χ1v) is 5.20. The summed E-state index contributed by atoms with van der Waals surface area (Å²) >= 11 is 5.78. The zero-order chi connectivity index (χ0) is 11.7. The van der Waals surface area contributed by atoms with Crippen LogP contribution in [0, 0.1) is 0 Å². The van der Waals surface area contributed by atoms with E-state index in [0.29, 0.717) is 22.6 Å². The summed E-state index contributed by atoms with van der Waals surface area (Å²) < 4.78 is 10.3. The molecule has 3 heterocycles. The third kappa shape index (κ3) is 1.92. The summed E-state index contributed by atoms with van der Waals surface area (Å²) in [5.41, 5.74) is 0.718. The molecule has 3 aromatic rings. The zero-order valence-corrected chi connectivity index (χ0v) is 9.26. The van der Waals surface area contributed by atoms with E-state index in [2.05, 4.69) is 15.1 Å². The molecule has 0 radical (unpaired) electrons. The van der Waals surface area contributed by atoms with Gasteiger partial charge in [-0.05, 0) is 24.3 Å². The molecule has 0 N–H and O–H groups in total. The topological polar surface area (TPSA) is 65.0 Å². The highest BCUT2D eigenvalue weighted by Crippen LogP contribution is 2.23. The Morgan fingerprint density at radius 2 is 2.18 bits per heavy atom. The monoisotopic (exact) mass is 247 g/mol. The molecular formula is C11H6ClN3O2. The van der Waals surface area contributed by atoms with Gasteiger partial charge in [0.1, 0.15) is 5.15 Å². The minimum absolute atomic E-state index is 0.375. The van der Waals surface area contributed by atoms with Gasteiger partial charge in [0.2, 0.25) is 5.82 Å². The lowest BCUT2D eigenvalue weighted by Gasteiger charge is -1.92. The number of aromatic nitrogens is 3. The fourth-order valence-corrected chi connectivity index (χ4v) is 1.56. The second-order valence-electron chi connectivity index (χ2n) is 3.27. The molecule has 0 atom stereocenters. The van der Waals surface area contributed by atoms with Crippen LogP contribution in [0.3, 0.4) is 0 Å². The van der Waals surface area contributed by atoms with E-state index < -0.39 is 0 Å². The van der Waals surface area contributed by atoms with Gasteiger partial charge in [0.25, 0.3) is 5.89 Å². The first-order valence-electron chi connectivity index (χ1n) is 4.82. The molecule has 3 rings (SSSR count). The van der Waals surface area contributed by atoms with Gasteiger partial charge in [0.15, 0.2) is 5.76 Å². The third-order valence-electron chi connectivity index (χ3n) is 2.14. The molecule has 0 aliphatic carbocycles. The molecule has 5 nitrogen and oxygen atoms in total. The van der Waals surface area contributed by atoms with E-state index in [4.69, 9.17) is 20.5 Å². The Hall–Kier alpha value is -2.14. The molecule has 0 aliphatic heterocycles. The lowest BCUT2D eigenvalue weighted by Crippen LogP contribution is -1.80. The van der Waals surface area contributed by atoms with Crippen molar-refractivity contribution in [1.29, 1.82) is 0 Å². The largest absolute Gasteiger partial charge is 0.461 e. The first kappa shape index (κ1) is 10.0. The van der Waals surface area contributed by atoms with Crippen molar-refractivity contribution in [3.8, 4) is 23.0 Å². The van der Waals surface area contributed by atoms with Crippen LogP contribution >= 0.6 is 11.6 Å². The van der Waals surface area contributed by atoms with Gasteiger partial charge in [-0.15, -0.1) is 0 Å². The number of hydrogen-bond acceptors (Lipinski definition) is 5. The minimum Gasteiger partial charge on any atom is -0.461 e. The van der Waals surface area contributed by atoms with Crippen molar-refractivity contribution in [2.45, 2.75) is 0 Å². The summed E-state index contributed by atoms with van der Waals surface area (Å²) in [6.07, 6.45) is 3.13. The Morgan fingerprint density at radius 3 is 2.94 bits per heavy atom. The number of pyridine rings is 1. The molecule has 84 valence electrons. The van der Waals surface area contributed by atoms with Gasteiger partial charge >= 0.3 is 0 Å². The molecule has 0 spiro atoms. The smallest absolute Gasteiger partial charge is 0.258 e. The fourth-order valence-electron chi connectivity index (χ4n) is 1.38. The van der Waals surface area contributed by atoms with Crippen molar-refractivity contribution in [2.75, 3.05) is 0 Å². The van der Waals surface area contributed by atoms with Crippen molar-refractivity contribution >= 4 is 11.6 Å². The third-order valence-corrected chi connectivity index (χ3v) is 2.35. The maximum atomic E-state index is 5.78. The van der Waals surface area contributed by atoms with Crippen LogP contribution in [0.4, 0.5) is 0 Å². The molecule has 0 amide bonds. The lowest BCUT2D eigenvalue weighted by molar-refractivity contribution is 0.429. The van der Waals surface area contributed by atoms with Crippen LogP contribution in [0.5, 0.6) is 0 Å². The molecule has 3 aromatic heterocycles. The van der Waals surface area contributed by atoms with Crippen molar-refractivity contribution in [3.63, 3.8) is 0 Å². The Labute approximate surface area is 101 Å². The van der Waals surface area contributed by atoms with Crippen LogP contribution in [-0.4, -0.2) is 15.1 Å². The molecule has 0 aliphatic rings. The summed E-state index contributed by atoms with van der Waals surface area (Å²) in [7, 11) is 0. The van der Waals surface area contributed by atoms with Crippen molar-refractivity contribution in [3.05, 3.63) is 41.9 Å². The van der Waals surface area contributed by atoms with E-state index in [0.717, 1.165) is 5.56 Å². The lowest BCUT2D eigenvalue weighted by atomic mass is 10.3. The average Bonchev–Trinajstić information content (AvgIpc) is 3.00. The highest BCUT2D eigenvalue weighted by Gasteiger charge is 2.12. The maximum Gasteiger partial charge on any atom is 0.258 e. The normalized spacial score (nSPS) is 10.6. The van der Waals surface area contributed by atoms with E-state index in [9.17, 15) is 0 Å². The molecule has 0 aromatic carbocycles. The van der Waals surface area contributed by atoms with Crippen LogP contribution < -0.4 is 0 Å². The molecule has 0 saturated carbocycles. The zero-order valence-electron chi connectivity index (χ0n) is 8.50. The van der Waals surface area contributed by atoms with Gasteiger partial charge in [-0.2, -0.15) is 4.98 Å². The summed E-state index contributed by atoms with van der Waals surface area (Å²) in [4.78, 5) is 8.09. The molecule has 0 bridgehead atoms. The summed E-state index contributed by atoms with van der Waals surface area (Å²) in [6, 6.07) is 6.91. The number of rotatable bonds is 2. The van der Waals surface area contributed by atoms with Gasteiger partial charge in [0, 0.05) is 11.8 Å². The number of furan rings is 1. The van der Waals surface area contributed by atoms with E-state index in [1.807, 2.05) is 0 Å². The summed E-state index contributed by atoms with van der Waals surface area (Å²) in [5.74, 6) is 1.33. The van der Waals surface area contributed by atoms with E-state index in [1.165, 1.54) is 0 Å². The first-order chi connectivity index (χ1) is 8.33. The van der Waals surface area contributed by atoms with E-state index in [-0.39, 0.29) is 0 Å². The van der Waals surface area contributed by atoms with Gasteiger partial charge < -0.3 is 8.94 Å². The SMILES string of the molecule is Clc1cc(-c2nc(-c3ccco3)no2)ccn1. The standard InChI is InChI=1S/C11H6ClN3O2/c12-9-6-7(3-4-13-9)11-14-10(15-17-11)8-2-1-5-16-8/h1-6H. The van der Waals surface area contributed by atoms with Gasteiger partial charge in [-0.1, -0.05) is 16.8 Å². The summed E-state index contributed by atoms with van der Waals surface area (Å²) in [6.45, 7) is 0. The van der Waals surface area contributed by atoms with Crippen LogP contribution in [0.15, 0.2) is 45.7 Å². The molecule has 0 fully saturated rings. The predicted octanol–water partition coefficient (Wildman–Crippen LogP) is 3.05. The van der Waals surface area contributed by atoms with E-state index in [1.54, 1.807) is 36.7 Å². The predicted molar refractivity (Wildman–Crippen MR) is 60.2 cm³/mol. The Bertz CT molecular complexity index is 634. The van der Waals surface area contributed by atoms with Crippen molar-refractivity contribution in [1.82, 2.24) is 15.1 Å². The number of nitrogens with zero attached hydrogens (tertiary/aromatic N) is 3. The van der Waals surface area contributed by atoms with Crippen LogP contribution in [0.1, 0.15) is 0 Å². The van der Waals surface area contributed by atoms with Crippen LogP contribution in [0.2, 0.25) is 5.15 Å². The molecular weight excluding hydrogens is 242 g/mol. The minimum atomic E-state index is 0.375. The van der Waals surface area contributed by atoms with E-state index >= 15 is 0 Å². The number of hydrogen-bond donors (Lipinski definition) is 0. The second kappa shape index (κ2) is 4.03. The molecule has 6 heteroatoms. The molecule has 0 saturated heterocycles. The molecule has 17 heavy (non-hydrogen) atoms.